The van der Waals surface area contributed by atoms with Crippen LogP contribution in [0.3, 0.4) is 0 Å². The first-order chi connectivity index (χ1) is 14.0. The van der Waals surface area contributed by atoms with Gasteiger partial charge in [0.05, 0.1) is 17.0 Å². The lowest BCUT2D eigenvalue weighted by Crippen LogP contribution is -2.26. The smallest absolute Gasteiger partial charge is 0.327 e. The van der Waals surface area contributed by atoms with Gasteiger partial charge in [0.15, 0.2) is 0 Å². The Bertz CT molecular complexity index is 1400. The second-order valence-electron chi connectivity index (χ2n) is 6.97. The average molecular weight is 407 g/mol. The number of fused-ring (bicyclic) bond motifs is 2. The summed E-state index contributed by atoms with van der Waals surface area (Å²) in [7, 11) is 1.71. The second-order valence-corrected chi connectivity index (χ2v) is 7.40. The monoisotopic (exact) mass is 406 g/mol. The number of rotatable bonds is 2. The molecule has 2 aromatic heterocycles. The van der Waals surface area contributed by atoms with Crippen LogP contribution in [0.4, 0.5) is 5.69 Å². The minimum Gasteiger partial charge on any atom is -0.340 e. The number of H-pyrrole nitrogens is 3. The zero-order valence-electron chi connectivity index (χ0n) is 15.2. The third-order valence-corrected chi connectivity index (χ3v) is 5.59. The maximum Gasteiger partial charge on any atom is 0.327 e. The molecule has 0 saturated heterocycles. The Hall–Kier alpha value is -3.58. The lowest BCUT2D eigenvalue weighted by molar-refractivity contribution is -0.118. The standard InChI is InChI=1S/C21H15ClN4O3/c1-26-13-5-3-2-4-12(13)14(20(26)28)15-16-18(24-21(29)25-19(16)27)23-17(15)10-6-8-11(22)9-7-10/h2-9,14H,1H3,(H3,23,24,25,27,29)/t14-/m0/s1. The number of nitrogens with one attached hydrogen (secondary N) is 3. The van der Waals surface area contributed by atoms with Crippen LogP contribution in [0.5, 0.6) is 0 Å². The van der Waals surface area contributed by atoms with Gasteiger partial charge in [-0.25, -0.2) is 4.79 Å². The van der Waals surface area contributed by atoms with E-state index >= 15 is 0 Å². The molecule has 0 saturated carbocycles. The summed E-state index contributed by atoms with van der Waals surface area (Å²) in [6, 6.07) is 14.6. The highest BCUT2D eigenvalue weighted by Gasteiger charge is 2.39. The predicted octanol–water partition coefficient (Wildman–Crippen LogP) is 2.97. The number of carbonyl (C=O) groups is 1. The lowest BCUT2D eigenvalue weighted by Gasteiger charge is -2.13. The summed E-state index contributed by atoms with van der Waals surface area (Å²) < 4.78 is 0. The van der Waals surface area contributed by atoms with E-state index in [0.717, 1.165) is 16.8 Å². The van der Waals surface area contributed by atoms with Crippen molar-refractivity contribution in [3.8, 4) is 11.3 Å². The van der Waals surface area contributed by atoms with Gasteiger partial charge in [-0.2, -0.15) is 0 Å². The molecule has 8 heteroatoms. The Kier molecular flexibility index (Phi) is 3.75. The maximum atomic E-state index is 13.2. The van der Waals surface area contributed by atoms with Gasteiger partial charge < -0.3 is 9.88 Å². The first-order valence-electron chi connectivity index (χ1n) is 8.96. The lowest BCUT2D eigenvalue weighted by atomic mass is 9.89. The first kappa shape index (κ1) is 17.5. The summed E-state index contributed by atoms with van der Waals surface area (Å²) in [6.07, 6.45) is 0. The number of nitrogens with zero attached hydrogens (tertiary/aromatic N) is 1. The third kappa shape index (κ3) is 2.55. The number of likely N-dealkylation sites (N-methyl/N-ethyl adjacent to an activating group) is 1. The van der Waals surface area contributed by atoms with Crippen LogP contribution in [0.25, 0.3) is 22.3 Å². The number of para-hydroxylation sites is 1. The Balaban J connectivity index is 1.89. The Morgan fingerprint density at radius 3 is 2.41 bits per heavy atom. The van der Waals surface area contributed by atoms with E-state index in [1.807, 2.05) is 24.3 Å². The number of carbonyl (C=O) groups excluding carboxylic acids is 1. The van der Waals surface area contributed by atoms with E-state index in [0.29, 0.717) is 16.3 Å². The van der Waals surface area contributed by atoms with Crippen molar-refractivity contribution in [1.29, 1.82) is 0 Å². The Morgan fingerprint density at radius 1 is 0.931 bits per heavy atom. The highest BCUT2D eigenvalue weighted by molar-refractivity contribution is 6.30. The molecule has 29 heavy (non-hydrogen) atoms. The van der Waals surface area contributed by atoms with Crippen LogP contribution < -0.4 is 16.1 Å². The summed E-state index contributed by atoms with van der Waals surface area (Å²) >= 11 is 6.03. The van der Waals surface area contributed by atoms with Gasteiger partial charge in [-0.15, -0.1) is 0 Å². The fourth-order valence-electron chi connectivity index (χ4n) is 4.05. The van der Waals surface area contributed by atoms with Crippen LogP contribution >= 0.6 is 11.6 Å². The van der Waals surface area contributed by atoms with Gasteiger partial charge in [0.2, 0.25) is 5.91 Å². The predicted molar refractivity (Wildman–Crippen MR) is 112 cm³/mol. The van der Waals surface area contributed by atoms with E-state index in [4.69, 9.17) is 11.6 Å². The van der Waals surface area contributed by atoms with E-state index in [9.17, 15) is 14.4 Å². The average Bonchev–Trinajstić information content (AvgIpc) is 3.18. The van der Waals surface area contributed by atoms with E-state index in [1.165, 1.54) is 0 Å². The molecular weight excluding hydrogens is 392 g/mol. The molecule has 1 aliphatic heterocycles. The van der Waals surface area contributed by atoms with Gasteiger partial charge in [-0.3, -0.25) is 19.6 Å². The number of halogens is 1. The molecule has 1 atom stereocenters. The number of anilines is 1. The molecular formula is C21H15ClN4O3. The van der Waals surface area contributed by atoms with Crippen molar-refractivity contribution in [2.24, 2.45) is 0 Å². The molecule has 0 unspecified atom stereocenters. The van der Waals surface area contributed by atoms with Crippen LogP contribution in [0, 0.1) is 0 Å². The molecule has 7 nitrogen and oxygen atoms in total. The van der Waals surface area contributed by atoms with Gasteiger partial charge in [0.1, 0.15) is 5.65 Å². The van der Waals surface area contributed by atoms with Gasteiger partial charge >= 0.3 is 5.69 Å². The molecule has 0 spiro atoms. The van der Waals surface area contributed by atoms with Crippen molar-refractivity contribution in [3.05, 3.63) is 85.5 Å². The Labute approximate surface area is 169 Å². The minimum absolute atomic E-state index is 0.145. The minimum atomic E-state index is -0.678. The summed E-state index contributed by atoms with van der Waals surface area (Å²) in [5.41, 5.74) is 2.58. The molecule has 144 valence electrons. The third-order valence-electron chi connectivity index (χ3n) is 5.34. The fraction of sp³-hybridized carbons (Fsp3) is 0.0952. The van der Waals surface area contributed by atoms with E-state index in [1.54, 1.807) is 36.2 Å². The van der Waals surface area contributed by atoms with E-state index < -0.39 is 17.2 Å². The van der Waals surface area contributed by atoms with Crippen LogP contribution in [0.15, 0.2) is 58.1 Å². The highest BCUT2D eigenvalue weighted by atomic mass is 35.5. The van der Waals surface area contributed by atoms with Crippen molar-refractivity contribution in [2.45, 2.75) is 5.92 Å². The molecule has 0 bridgehead atoms. The van der Waals surface area contributed by atoms with Gasteiger partial charge in [0, 0.05) is 23.3 Å². The molecule has 4 aromatic rings. The maximum absolute atomic E-state index is 13.2. The van der Waals surface area contributed by atoms with Crippen molar-refractivity contribution in [2.75, 3.05) is 11.9 Å². The van der Waals surface area contributed by atoms with Gasteiger partial charge in [-0.05, 0) is 29.3 Å². The quantitative estimate of drug-likeness (QED) is 0.477. The normalized spacial score (nSPS) is 15.9. The SMILES string of the molecule is CN1C(=O)[C@H](c2c(-c3ccc(Cl)cc3)[nH]c3[nH]c(=O)[nH]c(=O)c23)c2ccccc21. The highest BCUT2D eigenvalue weighted by Crippen LogP contribution is 2.45. The number of amides is 1. The van der Waals surface area contributed by atoms with Crippen molar-refractivity contribution in [3.63, 3.8) is 0 Å². The number of hydrogen-bond acceptors (Lipinski definition) is 3. The largest absolute Gasteiger partial charge is 0.340 e. The van der Waals surface area contributed by atoms with Crippen LogP contribution in [0.2, 0.25) is 5.02 Å². The summed E-state index contributed by atoms with van der Waals surface area (Å²) in [5, 5.41) is 0.831. The Morgan fingerprint density at radius 2 is 1.66 bits per heavy atom. The molecule has 0 fully saturated rings. The molecule has 5 rings (SSSR count). The zero-order chi connectivity index (χ0) is 20.3. The molecule has 3 heterocycles. The number of aromatic nitrogens is 3. The summed E-state index contributed by atoms with van der Waals surface area (Å²) in [6.45, 7) is 0. The van der Waals surface area contributed by atoms with Crippen molar-refractivity contribution in [1.82, 2.24) is 15.0 Å². The molecule has 0 radical (unpaired) electrons. The molecule has 0 aliphatic carbocycles. The molecule has 1 amide bonds. The molecule has 3 N–H and O–H groups in total. The van der Waals surface area contributed by atoms with Crippen LogP contribution in [-0.2, 0) is 4.79 Å². The topological polar surface area (TPSA) is 102 Å². The number of benzene rings is 2. The van der Waals surface area contributed by atoms with Crippen molar-refractivity contribution >= 4 is 34.2 Å². The number of hydrogen-bond donors (Lipinski definition) is 3. The zero-order valence-corrected chi connectivity index (χ0v) is 16.0. The van der Waals surface area contributed by atoms with E-state index in [-0.39, 0.29) is 16.9 Å². The molecule has 2 aromatic carbocycles. The van der Waals surface area contributed by atoms with Gasteiger partial charge in [0.25, 0.3) is 5.56 Å². The van der Waals surface area contributed by atoms with E-state index in [2.05, 4.69) is 15.0 Å². The van der Waals surface area contributed by atoms with Crippen LogP contribution in [-0.4, -0.2) is 27.9 Å². The second kappa shape index (κ2) is 6.22. The van der Waals surface area contributed by atoms with Crippen molar-refractivity contribution < 1.29 is 4.79 Å². The van der Waals surface area contributed by atoms with Gasteiger partial charge in [-0.1, -0.05) is 41.9 Å². The number of aromatic amines is 3. The summed E-state index contributed by atoms with van der Waals surface area (Å²) in [4.78, 5) is 47.4. The van der Waals surface area contributed by atoms with Crippen LogP contribution in [0.1, 0.15) is 17.0 Å². The first-order valence-corrected chi connectivity index (χ1v) is 9.34. The fourth-order valence-corrected chi connectivity index (χ4v) is 4.17. The summed E-state index contributed by atoms with van der Waals surface area (Å²) in [5.74, 6) is -0.824. The molecule has 1 aliphatic rings.